The van der Waals surface area contributed by atoms with Crippen molar-refractivity contribution in [3.8, 4) is 0 Å². The molecule has 0 unspecified atom stereocenters. The second-order valence-electron chi connectivity index (χ2n) is 5.51. The summed E-state index contributed by atoms with van der Waals surface area (Å²) in [5.74, 6) is -1.85. The van der Waals surface area contributed by atoms with Crippen LogP contribution in [0.4, 0.5) is 10.1 Å². The summed E-state index contributed by atoms with van der Waals surface area (Å²) < 4.78 is 18.9. The van der Waals surface area contributed by atoms with Gasteiger partial charge in [-0.15, -0.1) is 11.8 Å². The van der Waals surface area contributed by atoms with Gasteiger partial charge < -0.3 is 10.1 Å². The van der Waals surface area contributed by atoms with E-state index in [1.807, 2.05) is 12.1 Å². The summed E-state index contributed by atoms with van der Waals surface area (Å²) in [6.07, 6.45) is 0.116. The van der Waals surface area contributed by atoms with E-state index in [1.165, 1.54) is 30.8 Å². The molecule has 0 radical (unpaired) electrons. The minimum atomic E-state index is -0.791. The van der Waals surface area contributed by atoms with Gasteiger partial charge in [-0.25, -0.2) is 4.39 Å². The highest BCUT2D eigenvalue weighted by molar-refractivity contribution is 7.99. The van der Waals surface area contributed by atoms with Crippen LogP contribution < -0.4 is 5.32 Å². The standard InChI is InChI=1S/C19H17ClFNO4S/c1-12(23)22-14-4-7-16(17(21)10-14)18(24)11-26-19(25)8-9-27-15-5-2-13(20)3-6-15/h2-7,10H,8-9,11H2,1H3,(H,22,23). The SMILES string of the molecule is CC(=O)Nc1ccc(C(=O)COC(=O)CCSc2ccc(Cl)cc2)c(F)c1. The minimum Gasteiger partial charge on any atom is -0.457 e. The Morgan fingerprint density at radius 3 is 2.48 bits per heavy atom. The largest absolute Gasteiger partial charge is 0.457 e. The molecule has 0 heterocycles. The maximum Gasteiger partial charge on any atom is 0.307 e. The molecular formula is C19H17ClFNO4S. The highest BCUT2D eigenvalue weighted by Gasteiger charge is 2.15. The molecule has 0 fully saturated rings. The van der Waals surface area contributed by atoms with Crippen molar-refractivity contribution < 1.29 is 23.5 Å². The molecule has 0 aromatic heterocycles. The number of Topliss-reactive ketones (excluding diaryl/α,β-unsaturated/α-hetero) is 1. The van der Waals surface area contributed by atoms with Crippen molar-refractivity contribution in [1.82, 2.24) is 0 Å². The Morgan fingerprint density at radius 1 is 1.15 bits per heavy atom. The van der Waals surface area contributed by atoms with Gasteiger partial charge in [0.2, 0.25) is 11.7 Å². The third kappa shape index (κ3) is 7.03. The number of carbonyl (C=O) groups excluding carboxylic acids is 3. The summed E-state index contributed by atoms with van der Waals surface area (Å²) in [5, 5.41) is 3.05. The monoisotopic (exact) mass is 409 g/mol. The quantitative estimate of drug-likeness (QED) is 0.398. The van der Waals surface area contributed by atoms with Crippen molar-refractivity contribution in [1.29, 1.82) is 0 Å². The van der Waals surface area contributed by atoms with Crippen molar-refractivity contribution in [2.45, 2.75) is 18.2 Å². The highest BCUT2D eigenvalue weighted by atomic mass is 35.5. The molecule has 0 aliphatic heterocycles. The molecule has 0 aliphatic rings. The van der Waals surface area contributed by atoms with E-state index in [-0.39, 0.29) is 23.6 Å². The second-order valence-corrected chi connectivity index (χ2v) is 7.12. The van der Waals surface area contributed by atoms with E-state index < -0.39 is 24.2 Å². The van der Waals surface area contributed by atoms with E-state index in [9.17, 15) is 18.8 Å². The van der Waals surface area contributed by atoms with E-state index >= 15 is 0 Å². The fourth-order valence-corrected chi connectivity index (χ4v) is 3.06. The van der Waals surface area contributed by atoms with Crippen LogP contribution in [0.15, 0.2) is 47.4 Å². The van der Waals surface area contributed by atoms with E-state index in [0.29, 0.717) is 10.8 Å². The number of hydrogen-bond donors (Lipinski definition) is 1. The number of rotatable bonds is 8. The predicted octanol–water partition coefficient (Wildman–Crippen LogP) is 4.35. The number of ketones is 1. The molecule has 8 heteroatoms. The molecule has 0 saturated heterocycles. The zero-order valence-electron chi connectivity index (χ0n) is 14.5. The number of esters is 1. The van der Waals surface area contributed by atoms with Crippen molar-refractivity contribution in [2.24, 2.45) is 0 Å². The van der Waals surface area contributed by atoms with Gasteiger partial charge in [-0.2, -0.15) is 0 Å². The first-order chi connectivity index (χ1) is 12.8. The van der Waals surface area contributed by atoms with Gasteiger partial charge in [0.15, 0.2) is 6.61 Å². The molecule has 142 valence electrons. The van der Waals surface area contributed by atoms with Crippen molar-refractivity contribution in [3.05, 3.63) is 58.9 Å². The summed E-state index contributed by atoms with van der Waals surface area (Å²) in [7, 11) is 0. The smallest absolute Gasteiger partial charge is 0.307 e. The molecule has 0 spiro atoms. The van der Waals surface area contributed by atoms with Crippen LogP contribution >= 0.6 is 23.4 Å². The van der Waals surface area contributed by atoms with Crippen LogP contribution in [0, 0.1) is 5.82 Å². The van der Waals surface area contributed by atoms with Gasteiger partial charge in [-0.05, 0) is 42.5 Å². The fourth-order valence-electron chi connectivity index (χ4n) is 2.10. The Hall–Kier alpha value is -2.38. The molecule has 0 saturated carbocycles. The third-order valence-electron chi connectivity index (χ3n) is 3.34. The van der Waals surface area contributed by atoms with Gasteiger partial charge in [0.05, 0.1) is 12.0 Å². The zero-order valence-corrected chi connectivity index (χ0v) is 16.0. The third-order valence-corrected chi connectivity index (χ3v) is 4.61. The summed E-state index contributed by atoms with van der Waals surface area (Å²) in [4.78, 5) is 35.7. The molecule has 2 aromatic rings. The first-order valence-corrected chi connectivity index (χ1v) is 9.36. The highest BCUT2D eigenvalue weighted by Crippen LogP contribution is 2.21. The van der Waals surface area contributed by atoms with Crippen molar-refractivity contribution in [3.63, 3.8) is 0 Å². The molecular weight excluding hydrogens is 393 g/mol. The number of nitrogens with one attached hydrogen (secondary N) is 1. The topological polar surface area (TPSA) is 72.5 Å². The molecule has 0 bridgehead atoms. The predicted molar refractivity (Wildman–Crippen MR) is 103 cm³/mol. The fraction of sp³-hybridized carbons (Fsp3) is 0.211. The molecule has 1 N–H and O–H groups in total. The maximum absolute atomic E-state index is 14.0. The van der Waals surface area contributed by atoms with Gasteiger partial charge in [0, 0.05) is 28.3 Å². The Morgan fingerprint density at radius 2 is 1.85 bits per heavy atom. The molecule has 0 aliphatic carbocycles. The molecule has 2 rings (SSSR count). The number of benzene rings is 2. The molecule has 0 atom stereocenters. The lowest BCUT2D eigenvalue weighted by Crippen LogP contribution is -2.16. The van der Waals surface area contributed by atoms with Gasteiger partial charge in [-0.1, -0.05) is 11.6 Å². The first-order valence-electron chi connectivity index (χ1n) is 7.99. The van der Waals surface area contributed by atoms with Crippen LogP contribution in [-0.4, -0.2) is 30.0 Å². The summed E-state index contributed by atoms with van der Waals surface area (Å²) in [5.41, 5.74) is 0.0419. The normalized spacial score (nSPS) is 10.3. The van der Waals surface area contributed by atoms with Crippen LogP contribution in [0.3, 0.4) is 0 Å². The summed E-state index contributed by atoms with van der Waals surface area (Å²) in [6, 6.07) is 10.9. The van der Waals surface area contributed by atoms with Gasteiger partial charge in [0.1, 0.15) is 5.82 Å². The van der Waals surface area contributed by atoms with E-state index in [4.69, 9.17) is 16.3 Å². The molecule has 5 nitrogen and oxygen atoms in total. The maximum atomic E-state index is 14.0. The Kier molecular flexibility index (Phi) is 7.82. The van der Waals surface area contributed by atoms with Crippen LogP contribution in [-0.2, 0) is 14.3 Å². The average Bonchev–Trinajstić information content (AvgIpc) is 2.61. The Labute approximate surface area is 165 Å². The van der Waals surface area contributed by atoms with Crippen LogP contribution in [0.5, 0.6) is 0 Å². The Balaban J connectivity index is 1.78. The molecule has 1 amide bonds. The summed E-state index contributed by atoms with van der Waals surface area (Å²) >= 11 is 7.26. The van der Waals surface area contributed by atoms with E-state index in [0.717, 1.165) is 11.0 Å². The average molecular weight is 410 g/mol. The van der Waals surface area contributed by atoms with E-state index in [2.05, 4.69) is 5.32 Å². The number of ether oxygens (including phenoxy) is 1. The van der Waals surface area contributed by atoms with Gasteiger partial charge in [0.25, 0.3) is 0 Å². The lowest BCUT2D eigenvalue weighted by molar-refractivity contribution is -0.142. The number of halogens is 2. The van der Waals surface area contributed by atoms with Gasteiger partial charge in [-0.3, -0.25) is 14.4 Å². The molecule has 2 aromatic carbocycles. The van der Waals surface area contributed by atoms with Gasteiger partial charge >= 0.3 is 5.97 Å². The number of hydrogen-bond acceptors (Lipinski definition) is 5. The number of anilines is 1. The van der Waals surface area contributed by atoms with Crippen LogP contribution in [0.1, 0.15) is 23.7 Å². The summed E-state index contributed by atoms with van der Waals surface area (Å²) in [6.45, 7) is 0.752. The molecule has 27 heavy (non-hydrogen) atoms. The number of amides is 1. The van der Waals surface area contributed by atoms with Crippen LogP contribution in [0.25, 0.3) is 0 Å². The minimum absolute atomic E-state index is 0.116. The Bertz CT molecular complexity index is 842. The number of thioether (sulfide) groups is 1. The zero-order chi connectivity index (χ0) is 19.8. The second kappa shape index (κ2) is 10.1. The van der Waals surface area contributed by atoms with Crippen molar-refractivity contribution >= 4 is 46.7 Å². The lowest BCUT2D eigenvalue weighted by atomic mass is 10.1. The number of carbonyl (C=O) groups is 3. The first kappa shape index (κ1) is 20.9. The lowest BCUT2D eigenvalue weighted by Gasteiger charge is -2.07. The van der Waals surface area contributed by atoms with E-state index in [1.54, 1.807) is 12.1 Å². The van der Waals surface area contributed by atoms with Crippen LogP contribution in [0.2, 0.25) is 5.02 Å². The van der Waals surface area contributed by atoms with Crippen molar-refractivity contribution in [2.75, 3.05) is 17.7 Å².